The van der Waals surface area contributed by atoms with Crippen LogP contribution in [0.25, 0.3) is 0 Å². The van der Waals surface area contributed by atoms with E-state index in [-0.39, 0.29) is 0 Å². The maximum Gasteiger partial charge on any atom is 0.0816 e. The predicted molar refractivity (Wildman–Crippen MR) is 222 cm³/mol. The van der Waals surface area contributed by atoms with Crippen LogP contribution in [0.3, 0.4) is 0 Å². The average molecular weight is 669 g/mol. The van der Waals surface area contributed by atoms with Gasteiger partial charge >= 0.3 is 0 Å². The molecule has 0 aliphatic rings. The van der Waals surface area contributed by atoms with Crippen LogP contribution in [0.15, 0.2) is 58.5 Å². The largest absolute Gasteiger partial charge is 0.255 e. The van der Waals surface area contributed by atoms with Gasteiger partial charge in [0.1, 0.15) is 0 Å². The minimum Gasteiger partial charge on any atom is -0.255 e. The molecule has 0 aliphatic carbocycles. The summed E-state index contributed by atoms with van der Waals surface area (Å²) in [6.45, 7) is 10.9. The fourth-order valence-corrected chi connectivity index (χ4v) is 6.61. The lowest BCUT2D eigenvalue weighted by Gasteiger charge is -2.04. The summed E-state index contributed by atoms with van der Waals surface area (Å²) < 4.78 is 0. The number of benzene rings is 2. The summed E-state index contributed by atoms with van der Waals surface area (Å²) in [5.41, 5.74) is 7.99. The number of rotatable bonds is 30. The standard InChI is InChI=1S/C47H76N2/c1-6-7-8-9-10-11-12-13-14-15-16-17-18-19-20-21-22-23-24-25-26-27-28-29-30-31-32-33-47(49-46-37-35-42(3)44(5)39-46)40-48-45-36-34-41(2)43(4)38-45/h32-40H,6-31H2,1-5H3. The topological polar surface area (TPSA) is 24.7 Å². The minimum atomic E-state index is 0.904. The second-order valence-electron chi connectivity index (χ2n) is 15.0. The van der Waals surface area contributed by atoms with Crippen molar-refractivity contribution >= 4 is 23.3 Å². The van der Waals surface area contributed by atoms with E-state index >= 15 is 0 Å². The number of aryl methyl sites for hydroxylation is 4. The van der Waals surface area contributed by atoms with Gasteiger partial charge in [0.05, 0.1) is 23.3 Å². The van der Waals surface area contributed by atoms with Crippen LogP contribution in [0.4, 0.5) is 11.4 Å². The molecule has 0 atom stereocenters. The van der Waals surface area contributed by atoms with Crippen molar-refractivity contribution < 1.29 is 0 Å². The molecule has 0 heterocycles. The van der Waals surface area contributed by atoms with E-state index in [9.17, 15) is 0 Å². The highest BCUT2D eigenvalue weighted by atomic mass is 14.8. The Balaban J connectivity index is 1.45. The molecule has 0 N–H and O–H groups in total. The van der Waals surface area contributed by atoms with Gasteiger partial charge in [-0.2, -0.15) is 0 Å². The number of hydrogen-bond acceptors (Lipinski definition) is 2. The van der Waals surface area contributed by atoms with E-state index in [1.165, 1.54) is 183 Å². The van der Waals surface area contributed by atoms with E-state index in [1.54, 1.807) is 0 Å². The summed E-state index contributed by atoms with van der Waals surface area (Å²) in [6, 6.07) is 12.8. The Morgan fingerprint density at radius 3 is 1.22 bits per heavy atom. The van der Waals surface area contributed by atoms with Gasteiger partial charge < -0.3 is 0 Å². The Hall–Kier alpha value is -2.48. The Morgan fingerprint density at radius 1 is 0.449 bits per heavy atom. The van der Waals surface area contributed by atoms with Gasteiger partial charge in [-0.05, 0) is 93.1 Å². The van der Waals surface area contributed by atoms with E-state index in [0.717, 1.165) is 23.5 Å². The van der Waals surface area contributed by atoms with Crippen molar-refractivity contribution in [2.75, 3.05) is 0 Å². The molecule has 0 spiro atoms. The highest BCUT2D eigenvalue weighted by Gasteiger charge is 2.00. The zero-order valence-electron chi connectivity index (χ0n) is 33.0. The molecule has 2 rings (SSSR count). The maximum absolute atomic E-state index is 4.93. The molecule has 0 amide bonds. The number of hydrogen-bond donors (Lipinski definition) is 0. The van der Waals surface area contributed by atoms with Gasteiger partial charge in [-0.25, -0.2) is 4.99 Å². The lowest BCUT2D eigenvalue weighted by atomic mass is 10.0. The number of unbranched alkanes of at least 4 members (excludes halogenated alkanes) is 25. The number of allylic oxidation sites excluding steroid dienone is 2. The highest BCUT2D eigenvalue weighted by Crippen LogP contribution is 2.20. The Labute approximate surface area is 304 Å². The first-order valence-corrected chi connectivity index (χ1v) is 20.9. The molecule has 49 heavy (non-hydrogen) atoms. The Morgan fingerprint density at radius 2 is 0.816 bits per heavy atom. The summed E-state index contributed by atoms with van der Waals surface area (Å²) in [4.78, 5) is 9.68. The molecule has 2 nitrogen and oxygen atoms in total. The van der Waals surface area contributed by atoms with Gasteiger partial charge in [0.15, 0.2) is 0 Å². The van der Waals surface area contributed by atoms with Gasteiger partial charge in [0.2, 0.25) is 0 Å². The fourth-order valence-electron chi connectivity index (χ4n) is 6.61. The molecule has 0 bridgehead atoms. The zero-order valence-corrected chi connectivity index (χ0v) is 33.0. The van der Waals surface area contributed by atoms with Crippen molar-refractivity contribution in [3.63, 3.8) is 0 Å². The monoisotopic (exact) mass is 669 g/mol. The number of nitrogens with zero attached hydrogens (tertiary/aromatic N) is 2. The van der Waals surface area contributed by atoms with Gasteiger partial charge in [-0.15, -0.1) is 0 Å². The molecule has 0 fully saturated rings. The van der Waals surface area contributed by atoms with Crippen molar-refractivity contribution in [3.05, 3.63) is 70.8 Å². The molecule has 2 aromatic rings. The minimum absolute atomic E-state index is 0.904. The first-order valence-electron chi connectivity index (χ1n) is 20.9. The first kappa shape index (κ1) is 42.7. The van der Waals surface area contributed by atoms with Crippen molar-refractivity contribution in [1.29, 1.82) is 0 Å². The zero-order chi connectivity index (χ0) is 35.2. The Kier molecular flexibility index (Phi) is 25.5. The molecule has 2 aromatic carbocycles. The first-order chi connectivity index (χ1) is 24.0. The summed E-state index contributed by atoms with van der Waals surface area (Å²) >= 11 is 0. The third-order valence-electron chi connectivity index (χ3n) is 10.3. The van der Waals surface area contributed by atoms with Gasteiger partial charge in [-0.1, -0.05) is 179 Å². The second-order valence-corrected chi connectivity index (χ2v) is 15.0. The van der Waals surface area contributed by atoms with E-state index < -0.39 is 0 Å². The number of aliphatic imine (C=N–C) groups is 2. The second kappa shape index (κ2) is 29.3. The van der Waals surface area contributed by atoms with E-state index in [4.69, 9.17) is 9.98 Å². The highest BCUT2D eigenvalue weighted by molar-refractivity contribution is 6.36. The van der Waals surface area contributed by atoms with Gasteiger partial charge in [0.25, 0.3) is 0 Å². The van der Waals surface area contributed by atoms with Crippen molar-refractivity contribution in [2.24, 2.45) is 9.98 Å². The van der Waals surface area contributed by atoms with Crippen molar-refractivity contribution in [3.8, 4) is 0 Å². The molecule has 0 saturated heterocycles. The van der Waals surface area contributed by atoms with Crippen LogP contribution >= 0.6 is 0 Å². The van der Waals surface area contributed by atoms with Gasteiger partial charge in [-0.3, -0.25) is 4.99 Å². The molecule has 0 aliphatic heterocycles. The van der Waals surface area contributed by atoms with Crippen LogP contribution in [0, 0.1) is 27.7 Å². The molecule has 0 saturated carbocycles. The SMILES string of the molecule is CCCCCCCCCCCCCCCCCCCCCCCCCCCC=CC(C=Nc1ccc(C)c(C)c1)=Nc1ccc(C)c(C)c1. The van der Waals surface area contributed by atoms with E-state index in [1.807, 2.05) is 6.21 Å². The molecule has 0 aromatic heterocycles. The summed E-state index contributed by atoms with van der Waals surface area (Å²) in [6.07, 6.45) is 43.3. The van der Waals surface area contributed by atoms with Crippen LogP contribution in [-0.4, -0.2) is 11.9 Å². The van der Waals surface area contributed by atoms with Gasteiger partial charge in [0, 0.05) is 0 Å². The summed E-state index contributed by atoms with van der Waals surface area (Å²) in [5, 5.41) is 0. The molecule has 274 valence electrons. The maximum atomic E-state index is 4.93. The molecular weight excluding hydrogens is 593 g/mol. The van der Waals surface area contributed by atoms with E-state index in [2.05, 4.69) is 83.2 Å². The fraction of sp³-hybridized carbons (Fsp3) is 0.660. The third-order valence-corrected chi connectivity index (χ3v) is 10.3. The Bertz CT molecular complexity index is 1190. The third kappa shape index (κ3) is 22.8. The summed E-state index contributed by atoms with van der Waals surface area (Å²) in [5.74, 6) is 0. The van der Waals surface area contributed by atoms with Crippen molar-refractivity contribution in [1.82, 2.24) is 0 Å². The van der Waals surface area contributed by atoms with E-state index in [0.29, 0.717) is 0 Å². The molecular formula is C47H76N2. The van der Waals surface area contributed by atoms with Crippen molar-refractivity contribution in [2.45, 2.75) is 202 Å². The van der Waals surface area contributed by atoms with Crippen LogP contribution in [0.5, 0.6) is 0 Å². The summed E-state index contributed by atoms with van der Waals surface area (Å²) in [7, 11) is 0. The average Bonchev–Trinajstić information content (AvgIpc) is 3.09. The van der Waals surface area contributed by atoms with Crippen LogP contribution in [0.2, 0.25) is 0 Å². The molecule has 0 unspecified atom stereocenters. The van der Waals surface area contributed by atoms with Crippen LogP contribution in [-0.2, 0) is 0 Å². The van der Waals surface area contributed by atoms with Crippen LogP contribution < -0.4 is 0 Å². The van der Waals surface area contributed by atoms with Crippen LogP contribution in [0.1, 0.15) is 196 Å². The predicted octanol–water partition coefficient (Wildman–Crippen LogP) is 16.1. The lowest BCUT2D eigenvalue weighted by Crippen LogP contribution is -1.95. The molecule has 0 radical (unpaired) electrons. The molecule has 2 heteroatoms. The smallest absolute Gasteiger partial charge is 0.0816 e. The quantitative estimate of drug-likeness (QED) is 0.0585. The normalized spacial score (nSPS) is 12.2. The lowest BCUT2D eigenvalue weighted by molar-refractivity contribution is 0.516.